The van der Waals surface area contributed by atoms with Crippen molar-refractivity contribution >= 4 is 0 Å². The van der Waals surface area contributed by atoms with E-state index in [9.17, 15) is 5.11 Å². The molecule has 2 aliphatic rings. The maximum absolute atomic E-state index is 10.9. The van der Waals surface area contributed by atoms with Gasteiger partial charge in [-0.3, -0.25) is 4.90 Å². The van der Waals surface area contributed by atoms with Crippen LogP contribution in [0.4, 0.5) is 0 Å². The lowest BCUT2D eigenvalue weighted by Crippen LogP contribution is -2.46. The Hall–Kier alpha value is -1.83. The standard InChI is InChI=1S/C18H25N5O2/c1-13-21-14(11-15(22-13)17-19-6-7-20-17)16-3-2-8-23(16)12-18(24)4-9-25-10-5-18/h6-7,11,16,24H,2-5,8-10,12H2,1H3,(H,19,20). The van der Waals surface area contributed by atoms with Crippen molar-refractivity contribution in [2.24, 2.45) is 0 Å². The van der Waals surface area contributed by atoms with Crippen molar-refractivity contribution in [3.8, 4) is 11.5 Å². The normalized spacial score (nSPS) is 23.8. The van der Waals surface area contributed by atoms with Gasteiger partial charge in [0, 0.05) is 45.0 Å². The van der Waals surface area contributed by atoms with E-state index in [0.29, 0.717) is 32.6 Å². The van der Waals surface area contributed by atoms with Crippen LogP contribution in [0.5, 0.6) is 0 Å². The van der Waals surface area contributed by atoms with Crippen LogP contribution >= 0.6 is 0 Å². The molecule has 0 amide bonds. The molecule has 2 saturated heterocycles. The Balaban J connectivity index is 1.57. The van der Waals surface area contributed by atoms with Crippen LogP contribution in [0.3, 0.4) is 0 Å². The van der Waals surface area contributed by atoms with Gasteiger partial charge < -0.3 is 14.8 Å². The number of likely N-dealkylation sites (tertiary alicyclic amines) is 1. The van der Waals surface area contributed by atoms with E-state index in [4.69, 9.17) is 9.72 Å². The SMILES string of the molecule is Cc1nc(-c2ncc[nH]2)cc(C2CCCN2CC2(O)CCOCC2)n1. The molecular formula is C18H25N5O2. The van der Waals surface area contributed by atoms with E-state index in [2.05, 4.69) is 19.9 Å². The van der Waals surface area contributed by atoms with Crippen LogP contribution in [-0.4, -0.2) is 61.8 Å². The Bertz CT molecular complexity index is 712. The molecule has 0 saturated carbocycles. The van der Waals surface area contributed by atoms with Crippen molar-refractivity contribution in [3.05, 3.63) is 30.0 Å². The van der Waals surface area contributed by atoms with Crippen molar-refractivity contribution in [1.82, 2.24) is 24.8 Å². The van der Waals surface area contributed by atoms with Crippen LogP contribution in [0.2, 0.25) is 0 Å². The van der Waals surface area contributed by atoms with Crippen molar-refractivity contribution < 1.29 is 9.84 Å². The Morgan fingerprint density at radius 2 is 2.20 bits per heavy atom. The highest BCUT2D eigenvalue weighted by atomic mass is 16.5. The maximum Gasteiger partial charge on any atom is 0.156 e. The fourth-order valence-electron chi connectivity index (χ4n) is 3.93. The number of aromatic nitrogens is 4. The van der Waals surface area contributed by atoms with Gasteiger partial charge in [0.05, 0.1) is 17.3 Å². The molecule has 1 unspecified atom stereocenters. The van der Waals surface area contributed by atoms with Gasteiger partial charge in [-0.25, -0.2) is 15.0 Å². The molecule has 0 spiro atoms. The molecule has 134 valence electrons. The number of aromatic amines is 1. The summed E-state index contributed by atoms with van der Waals surface area (Å²) in [4.78, 5) is 19.0. The van der Waals surface area contributed by atoms with Gasteiger partial charge in [0.15, 0.2) is 5.82 Å². The summed E-state index contributed by atoms with van der Waals surface area (Å²) in [6.45, 7) is 4.88. The number of hydrogen-bond acceptors (Lipinski definition) is 6. The van der Waals surface area contributed by atoms with E-state index < -0.39 is 5.60 Å². The van der Waals surface area contributed by atoms with E-state index in [0.717, 1.165) is 42.4 Å². The lowest BCUT2D eigenvalue weighted by atomic mass is 9.93. The smallest absolute Gasteiger partial charge is 0.156 e. The summed E-state index contributed by atoms with van der Waals surface area (Å²) < 4.78 is 5.40. The van der Waals surface area contributed by atoms with E-state index >= 15 is 0 Å². The zero-order valence-electron chi connectivity index (χ0n) is 14.6. The van der Waals surface area contributed by atoms with Gasteiger partial charge >= 0.3 is 0 Å². The number of nitrogens with zero attached hydrogens (tertiary/aromatic N) is 4. The molecule has 2 N–H and O–H groups in total. The lowest BCUT2D eigenvalue weighted by molar-refractivity contribution is -0.0817. The van der Waals surface area contributed by atoms with Crippen molar-refractivity contribution in [3.63, 3.8) is 0 Å². The van der Waals surface area contributed by atoms with Crippen LogP contribution in [0.1, 0.15) is 43.2 Å². The molecule has 0 aliphatic carbocycles. The van der Waals surface area contributed by atoms with Crippen LogP contribution in [0.15, 0.2) is 18.5 Å². The van der Waals surface area contributed by atoms with Gasteiger partial charge in [-0.15, -0.1) is 0 Å². The molecule has 1 atom stereocenters. The summed E-state index contributed by atoms with van der Waals surface area (Å²) >= 11 is 0. The Kier molecular flexibility index (Phi) is 4.54. The van der Waals surface area contributed by atoms with E-state index in [1.54, 1.807) is 12.4 Å². The van der Waals surface area contributed by atoms with Crippen LogP contribution < -0.4 is 0 Å². The molecule has 2 aromatic rings. The second-order valence-electron chi connectivity index (χ2n) is 7.13. The fourth-order valence-corrected chi connectivity index (χ4v) is 3.93. The largest absolute Gasteiger partial charge is 0.388 e. The molecule has 4 rings (SSSR count). The van der Waals surface area contributed by atoms with E-state index in [1.807, 2.05) is 13.0 Å². The molecule has 2 fully saturated rings. The molecule has 7 heteroatoms. The van der Waals surface area contributed by atoms with Crippen LogP contribution in [0, 0.1) is 6.92 Å². The number of H-pyrrole nitrogens is 1. The minimum atomic E-state index is -0.646. The zero-order valence-corrected chi connectivity index (χ0v) is 14.6. The summed E-state index contributed by atoms with van der Waals surface area (Å²) in [6, 6.07) is 2.25. The lowest BCUT2D eigenvalue weighted by Gasteiger charge is -2.37. The van der Waals surface area contributed by atoms with E-state index in [-0.39, 0.29) is 6.04 Å². The van der Waals surface area contributed by atoms with Crippen LogP contribution in [0.25, 0.3) is 11.5 Å². The minimum Gasteiger partial charge on any atom is -0.388 e. The molecular weight excluding hydrogens is 318 g/mol. The molecule has 2 aliphatic heterocycles. The number of β-amino-alcohol motifs (C(OH)–C–C–N with tert-alkyl or cyclic N) is 1. The molecule has 0 aromatic carbocycles. The first-order valence-corrected chi connectivity index (χ1v) is 9.02. The van der Waals surface area contributed by atoms with Gasteiger partial charge in [0.2, 0.25) is 0 Å². The second kappa shape index (κ2) is 6.82. The third kappa shape index (κ3) is 3.58. The second-order valence-corrected chi connectivity index (χ2v) is 7.13. The number of nitrogens with one attached hydrogen (secondary N) is 1. The van der Waals surface area contributed by atoms with Gasteiger partial charge in [-0.05, 0) is 32.4 Å². The van der Waals surface area contributed by atoms with Gasteiger partial charge in [-0.1, -0.05) is 0 Å². The van der Waals surface area contributed by atoms with Gasteiger partial charge in [0.1, 0.15) is 11.5 Å². The molecule has 0 radical (unpaired) electrons. The van der Waals surface area contributed by atoms with Gasteiger partial charge in [0.25, 0.3) is 0 Å². The van der Waals surface area contributed by atoms with Gasteiger partial charge in [-0.2, -0.15) is 0 Å². The number of aryl methyl sites for hydroxylation is 1. The van der Waals surface area contributed by atoms with Crippen LogP contribution in [-0.2, 0) is 4.74 Å². The molecule has 0 bridgehead atoms. The molecule has 25 heavy (non-hydrogen) atoms. The average molecular weight is 343 g/mol. The highest BCUT2D eigenvalue weighted by Gasteiger charge is 2.37. The highest BCUT2D eigenvalue weighted by molar-refractivity contribution is 5.49. The number of ether oxygens (including phenoxy) is 1. The summed E-state index contributed by atoms with van der Waals surface area (Å²) in [5.41, 5.74) is 1.20. The number of rotatable bonds is 4. The Morgan fingerprint density at radius 1 is 1.36 bits per heavy atom. The van der Waals surface area contributed by atoms with E-state index in [1.165, 1.54) is 0 Å². The third-order valence-corrected chi connectivity index (χ3v) is 5.22. The fraction of sp³-hybridized carbons (Fsp3) is 0.611. The Morgan fingerprint density at radius 3 is 2.96 bits per heavy atom. The Labute approximate surface area is 147 Å². The first kappa shape index (κ1) is 16.6. The topological polar surface area (TPSA) is 87.2 Å². The summed E-state index contributed by atoms with van der Waals surface area (Å²) in [5, 5.41) is 10.9. The summed E-state index contributed by atoms with van der Waals surface area (Å²) in [5.74, 6) is 1.51. The number of aliphatic hydroxyl groups is 1. The first-order valence-electron chi connectivity index (χ1n) is 9.02. The molecule has 4 heterocycles. The third-order valence-electron chi connectivity index (χ3n) is 5.22. The predicted octanol–water partition coefficient (Wildman–Crippen LogP) is 1.85. The van der Waals surface area contributed by atoms with Crippen molar-refractivity contribution in [1.29, 1.82) is 0 Å². The predicted molar refractivity (Wildman–Crippen MR) is 92.9 cm³/mol. The minimum absolute atomic E-state index is 0.224. The highest BCUT2D eigenvalue weighted by Crippen LogP contribution is 2.35. The number of imidazole rings is 1. The van der Waals surface area contributed by atoms with Crippen molar-refractivity contribution in [2.45, 2.75) is 44.2 Å². The van der Waals surface area contributed by atoms with Crippen molar-refractivity contribution in [2.75, 3.05) is 26.3 Å². The average Bonchev–Trinajstić information content (AvgIpc) is 3.26. The quantitative estimate of drug-likeness (QED) is 0.881. The molecule has 2 aromatic heterocycles. The maximum atomic E-state index is 10.9. The summed E-state index contributed by atoms with van der Waals surface area (Å²) in [7, 11) is 0. The summed E-state index contributed by atoms with van der Waals surface area (Å²) in [6.07, 6.45) is 7.12. The molecule has 7 nitrogen and oxygen atoms in total. The number of hydrogen-bond donors (Lipinski definition) is 2. The zero-order chi connectivity index (χ0) is 17.3. The first-order chi connectivity index (χ1) is 12.1. The monoisotopic (exact) mass is 343 g/mol.